The monoisotopic (exact) mass is 905 g/mol. The Morgan fingerprint density at radius 1 is 0.906 bits per heavy atom. The minimum Gasteiger partial charge on any atom is -0.497 e. The summed E-state index contributed by atoms with van der Waals surface area (Å²) in [5.74, 6) is 0.661. The van der Waals surface area contributed by atoms with Crippen LogP contribution >= 0.6 is 11.6 Å². The number of carbonyl (C=O) groups is 1. The third-order valence-corrected chi connectivity index (χ3v) is 12.5. The molecule has 5 heterocycles. The van der Waals surface area contributed by atoms with Crippen molar-refractivity contribution in [1.29, 1.82) is 0 Å². The number of likely N-dealkylation sites (N-methyl/N-ethyl adjacent to an activating group) is 1. The van der Waals surface area contributed by atoms with Crippen molar-refractivity contribution in [2.24, 2.45) is 0 Å². The van der Waals surface area contributed by atoms with E-state index in [2.05, 4.69) is 14.9 Å². The van der Waals surface area contributed by atoms with Crippen LogP contribution < -0.4 is 24.0 Å². The van der Waals surface area contributed by atoms with E-state index in [1.807, 2.05) is 61.9 Å². The zero-order valence-electron chi connectivity index (χ0n) is 36.9. The molecular weight excluding hydrogens is 854 g/mol. The molecule has 0 saturated carbocycles. The summed E-state index contributed by atoms with van der Waals surface area (Å²) in [5, 5.41) is -0.114. The number of aryl methyl sites for hydroxylation is 1. The zero-order valence-corrected chi connectivity index (χ0v) is 37.7. The largest absolute Gasteiger partial charge is 0.497 e. The van der Waals surface area contributed by atoms with Gasteiger partial charge in [-0.05, 0) is 114 Å². The van der Waals surface area contributed by atoms with Gasteiger partial charge < -0.3 is 38.5 Å². The maximum atomic E-state index is 17.7. The number of alkyl halides is 3. The number of methoxy groups -OCH3 is 2. The molecule has 0 spiro atoms. The van der Waals surface area contributed by atoms with Crippen LogP contribution in [-0.4, -0.2) is 102 Å². The third kappa shape index (κ3) is 9.30. The normalized spacial score (nSPS) is 18.8. The lowest BCUT2D eigenvalue weighted by Gasteiger charge is -2.36. The molecule has 8 rings (SSSR count). The molecule has 64 heavy (non-hydrogen) atoms. The van der Waals surface area contributed by atoms with Gasteiger partial charge in [0.15, 0.2) is 5.82 Å². The van der Waals surface area contributed by atoms with Gasteiger partial charge in [0.25, 0.3) is 0 Å². The highest BCUT2D eigenvalue weighted by Gasteiger charge is 2.48. The van der Waals surface area contributed by atoms with Crippen molar-refractivity contribution in [3.8, 4) is 28.8 Å². The van der Waals surface area contributed by atoms with Gasteiger partial charge in [0, 0.05) is 37.6 Å². The number of fused-ring (bicyclic) bond motifs is 3. The van der Waals surface area contributed by atoms with Crippen molar-refractivity contribution in [2.75, 3.05) is 57.3 Å². The van der Waals surface area contributed by atoms with E-state index < -0.39 is 40.5 Å². The molecule has 3 fully saturated rings. The number of benzene rings is 3. The van der Waals surface area contributed by atoms with Gasteiger partial charge in [0.05, 0.1) is 48.1 Å². The highest BCUT2D eigenvalue weighted by atomic mass is 35.5. The fourth-order valence-electron chi connectivity index (χ4n) is 8.97. The first-order valence-electron chi connectivity index (χ1n) is 21.3. The van der Waals surface area contributed by atoms with Gasteiger partial charge >= 0.3 is 18.3 Å². The Morgan fingerprint density at radius 3 is 2.08 bits per heavy atom. The number of piperazine rings is 1. The molecule has 2 bridgehead atoms. The summed E-state index contributed by atoms with van der Waals surface area (Å²) in [7, 11) is 5.12. The number of carbonyl (C=O) groups excluding carboxylic acids is 1. The number of amides is 1. The van der Waals surface area contributed by atoms with Crippen molar-refractivity contribution in [3.05, 3.63) is 93.8 Å². The van der Waals surface area contributed by atoms with Gasteiger partial charge in [-0.25, -0.2) is 14.2 Å². The minimum absolute atomic E-state index is 0.0709. The highest BCUT2D eigenvalue weighted by molar-refractivity contribution is 6.34. The second kappa shape index (κ2) is 17.8. The molecule has 0 N–H and O–H groups in total. The summed E-state index contributed by atoms with van der Waals surface area (Å²) in [5.41, 5.74) is -1.82. The Hall–Kier alpha value is -5.61. The molecule has 2 unspecified atom stereocenters. The number of hydrogen-bond donors (Lipinski definition) is 0. The highest BCUT2D eigenvalue weighted by Crippen LogP contribution is 2.46. The minimum atomic E-state index is -4.94. The zero-order chi connectivity index (χ0) is 45.7. The fourth-order valence-corrected chi connectivity index (χ4v) is 9.25. The van der Waals surface area contributed by atoms with Crippen LogP contribution in [0.3, 0.4) is 0 Å². The van der Waals surface area contributed by atoms with Gasteiger partial charge in [0.2, 0.25) is 0 Å². The number of likely N-dealkylation sites (tertiary alicyclic amines) is 2. The van der Waals surface area contributed by atoms with Gasteiger partial charge in [-0.3, -0.25) is 0 Å². The van der Waals surface area contributed by atoms with E-state index in [0.29, 0.717) is 36.8 Å². The number of ether oxygens (including phenoxy) is 4. The lowest BCUT2D eigenvalue weighted by Crippen LogP contribution is -2.50. The maximum absolute atomic E-state index is 17.7. The molecule has 3 aliphatic heterocycles. The first-order valence-corrected chi connectivity index (χ1v) is 21.7. The van der Waals surface area contributed by atoms with Crippen LogP contribution in [0.4, 0.5) is 34.0 Å². The van der Waals surface area contributed by atoms with Gasteiger partial charge in [-0.15, -0.1) is 0 Å². The number of anilines is 2. The van der Waals surface area contributed by atoms with E-state index in [1.54, 1.807) is 43.4 Å². The predicted octanol–water partition coefficient (Wildman–Crippen LogP) is 9.71. The Kier molecular flexibility index (Phi) is 12.5. The molecule has 3 aliphatic rings. The topological polar surface area (TPSA) is 106 Å². The molecule has 3 aromatic carbocycles. The molecule has 0 aliphatic carbocycles. The number of halogens is 5. The average Bonchev–Trinajstić information content (AvgIpc) is 3.98. The molecule has 3 atom stereocenters. The van der Waals surface area contributed by atoms with Crippen molar-refractivity contribution in [1.82, 2.24) is 24.8 Å². The molecule has 340 valence electrons. The Bertz CT molecular complexity index is 2470. The van der Waals surface area contributed by atoms with Crippen LogP contribution in [-0.2, 0) is 24.0 Å². The van der Waals surface area contributed by atoms with E-state index in [9.17, 15) is 4.79 Å². The summed E-state index contributed by atoms with van der Waals surface area (Å²) in [6.45, 7) is 9.02. The summed E-state index contributed by atoms with van der Waals surface area (Å²) in [6.07, 6.45) is -2.89. The van der Waals surface area contributed by atoms with E-state index >= 15 is 17.6 Å². The van der Waals surface area contributed by atoms with E-state index in [4.69, 9.17) is 35.5 Å². The SMILES string of the molecule is COc1ccc(CN(Cc2ccc(OC)cc2)c2cc(C)c(C(F)(F)F)c(-c3c(Cl)cc4c(N5CC6CC5CN6C(=O)OC(C)(C)C)nc(OC[C@@H]5CCCN5C)nc4c3F)n2)cc1. The van der Waals surface area contributed by atoms with Crippen molar-refractivity contribution < 1.29 is 41.3 Å². The Labute approximate surface area is 375 Å². The summed E-state index contributed by atoms with van der Waals surface area (Å²) in [6, 6.07) is 16.9. The van der Waals surface area contributed by atoms with Crippen LogP contribution in [0.1, 0.15) is 62.3 Å². The van der Waals surface area contributed by atoms with Crippen LogP contribution in [0.25, 0.3) is 22.2 Å². The fraction of sp³-hybridized carbons (Fsp3) is 0.447. The quantitative estimate of drug-likeness (QED) is 0.112. The van der Waals surface area contributed by atoms with Crippen molar-refractivity contribution in [2.45, 2.75) is 89.9 Å². The Morgan fingerprint density at radius 2 is 1.55 bits per heavy atom. The number of aromatic nitrogens is 3. The standard InChI is InChI=1S/C47H52ClF4N7O5/c1-27-19-37(57(22-28-10-14-33(61-6)15-11-28)23-29-12-16-34(62-7)17-13-29)53-42(39(27)47(50,51)52)38-36(48)21-35-41(40(38)49)54-44(63-26-30-9-8-18-56(30)5)55-43(35)58-24-32-20-31(58)25-59(32)45(60)64-46(2,3)4/h10-17,19,21,30-32H,8-9,18,20,22-26H2,1-7H3/t30-,31?,32?/m0/s1. The van der Waals surface area contributed by atoms with Gasteiger partial charge in [-0.2, -0.15) is 23.1 Å². The molecule has 3 saturated heterocycles. The molecule has 12 nitrogen and oxygen atoms in total. The van der Waals surface area contributed by atoms with E-state index in [-0.39, 0.29) is 71.1 Å². The van der Waals surface area contributed by atoms with Crippen molar-refractivity contribution >= 4 is 40.2 Å². The summed E-state index contributed by atoms with van der Waals surface area (Å²) in [4.78, 5) is 34.8. The number of pyridine rings is 1. The average molecular weight is 906 g/mol. The molecular formula is C47H52ClF4N7O5. The van der Waals surface area contributed by atoms with Crippen molar-refractivity contribution in [3.63, 3.8) is 0 Å². The third-order valence-electron chi connectivity index (χ3n) is 12.2. The second-order valence-corrected chi connectivity index (χ2v) is 18.2. The van der Waals surface area contributed by atoms with Crippen LogP contribution in [0.5, 0.6) is 17.5 Å². The van der Waals surface area contributed by atoms with Crippen LogP contribution in [0, 0.1) is 12.7 Å². The molecule has 2 aromatic heterocycles. The number of hydrogen-bond acceptors (Lipinski definition) is 11. The number of rotatable bonds is 12. The summed E-state index contributed by atoms with van der Waals surface area (Å²) < 4.78 is 86.1. The molecule has 5 aromatic rings. The smallest absolute Gasteiger partial charge is 0.418 e. The van der Waals surface area contributed by atoms with E-state index in [1.165, 1.54) is 19.1 Å². The second-order valence-electron chi connectivity index (χ2n) is 17.8. The lowest BCUT2D eigenvalue weighted by atomic mass is 9.98. The maximum Gasteiger partial charge on any atom is 0.418 e. The Balaban J connectivity index is 1.25. The first-order chi connectivity index (χ1) is 30.4. The van der Waals surface area contributed by atoms with E-state index in [0.717, 1.165) is 30.5 Å². The van der Waals surface area contributed by atoms with Gasteiger partial charge in [0.1, 0.15) is 40.9 Å². The van der Waals surface area contributed by atoms with Crippen LogP contribution in [0.15, 0.2) is 60.7 Å². The molecule has 0 radical (unpaired) electrons. The summed E-state index contributed by atoms with van der Waals surface area (Å²) >= 11 is 6.99. The lowest BCUT2D eigenvalue weighted by molar-refractivity contribution is -0.137. The number of nitrogens with zero attached hydrogens (tertiary/aromatic N) is 7. The first kappa shape index (κ1) is 45.0. The molecule has 17 heteroatoms. The molecule has 1 amide bonds. The van der Waals surface area contributed by atoms with Crippen LogP contribution in [0.2, 0.25) is 5.02 Å². The van der Waals surface area contributed by atoms with Gasteiger partial charge in [-0.1, -0.05) is 35.9 Å². The predicted molar refractivity (Wildman–Crippen MR) is 237 cm³/mol.